The number of hydroxylamine groups is 1. The molecule has 0 radical (unpaired) electrons. The number of nitrogens with one attached hydrogen (secondary N) is 2. The Morgan fingerprint density at radius 2 is 1.75 bits per heavy atom. The number of benzene rings is 2. The molecule has 0 amide bonds. The van der Waals surface area contributed by atoms with Gasteiger partial charge in [-0.2, -0.15) is 5.10 Å². The van der Waals surface area contributed by atoms with E-state index in [0.29, 0.717) is 12.6 Å². The Kier molecular flexibility index (Phi) is 9.38. The molecule has 2 aromatic heterocycles. The van der Waals surface area contributed by atoms with Crippen LogP contribution >= 0.6 is 0 Å². The molecule has 0 fully saturated rings. The predicted octanol–water partition coefficient (Wildman–Crippen LogP) is 5.17. The van der Waals surface area contributed by atoms with E-state index >= 15 is 0 Å². The van der Waals surface area contributed by atoms with Gasteiger partial charge in [-0.3, -0.25) is 9.67 Å². The van der Waals surface area contributed by atoms with Gasteiger partial charge in [-0.05, 0) is 43.2 Å². The summed E-state index contributed by atoms with van der Waals surface area (Å²) in [5, 5.41) is 16.7. The van der Waals surface area contributed by atoms with Crippen LogP contribution in [-0.4, -0.2) is 50.6 Å². The molecule has 190 valence electrons. The molecule has 2 heterocycles. The highest BCUT2D eigenvalue weighted by molar-refractivity contribution is 5.82. The molecule has 0 saturated carbocycles. The largest absolute Gasteiger partial charge is 0.340 e. The first-order valence-electron chi connectivity index (χ1n) is 12.9. The van der Waals surface area contributed by atoms with Crippen molar-refractivity contribution in [3.05, 3.63) is 67.1 Å². The minimum absolute atomic E-state index is 0.442. The third kappa shape index (κ3) is 7.10. The summed E-state index contributed by atoms with van der Waals surface area (Å²) in [6, 6.07) is 17.2. The molecule has 0 aliphatic carbocycles. The number of nitrogens with zero attached hydrogens (tertiary/aromatic N) is 5. The number of aromatic nitrogens is 4. The molecule has 36 heavy (non-hydrogen) atoms. The summed E-state index contributed by atoms with van der Waals surface area (Å²) < 4.78 is 1.97. The maximum Gasteiger partial charge on any atom is 0.0924 e. The first kappa shape index (κ1) is 25.8. The van der Waals surface area contributed by atoms with Crippen molar-refractivity contribution < 1.29 is 5.21 Å². The monoisotopic (exact) mass is 487 g/mol. The average Bonchev–Trinajstić information content (AvgIpc) is 3.37. The number of para-hydroxylation sites is 1. The highest BCUT2D eigenvalue weighted by Crippen LogP contribution is 2.28. The van der Waals surface area contributed by atoms with Gasteiger partial charge in [0.15, 0.2) is 0 Å². The van der Waals surface area contributed by atoms with Crippen molar-refractivity contribution in [2.45, 2.75) is 52.1 Å². The summed E-state index contributed by atoms with van der Waals surface area (Å²) in [4.78, 5) is 11.9. The van der Waals surface area contributed by atoms with Crippen LogP contribution in [0.15, 0.2) is 67.1 Å². The van der Waals surface area contributed by atoms with Crippen molar-refractivity contribution in [2.24, 2.45) is 0 Å². The molecule has 3 N–H and O–H groups in total. The van der Waals surface area contributed by atoms with Gasteiger partial charge in [-0.25, -0.2) is 10.5 Å². The molecule has 0 atom stereocenters. The molecule has 0 saturated heterocycles. The lowest BCUT2D eigenvalue weighted by molar-refractivity contribution is 0.164. The molecule has 0 bridgehead atoms. The van der Waals surface area contributed by atoms with E-state index in [4.69, 9.17) is 10.2 Å². The van der Waals surface area contributed by atoms with Gasteiger partial charge in [0.1, 0.15) is 0 Å². The van der Waals surface area contributed by atoms with Crippen LogP contribution in [0.25, 0.3) is 22.3 Å². The van der Waals surface area contributed by atoms with E-state index in [1.54, 1.807) is 0 Å². The number of aryl methyl sites for hydroxylation is 1. The second kappa shape index (κ2) is 13.1. The zero-order valence-corrected chi connectivity index (χ0v) is 21.3. The third-order valence-electron chi connectivity index (χ3n) is 6.15. The van der Waals surface area contributed by atoms with Crippen LogP contribution < -0.4 is 15.7 Å². The van der Waals surface area contributed by atoms with E-state index in [2.05, 4.69) is 76.0 Å². The fraction of sp³-hybridized carbons (Fsp3) is 0.393. The van der Waals surface area contributed by atoms with Crippen molar-refractivity contribution in [3.63, 3.8) is 0 Å². The fourth-order valence-electron chi connectivity index (χ4n) is 4.24. The summed E-state index contributed by atoms with van der Waals surface area (Å²) in [5.41, 5.74) is 8.00. The Hall–Kier alpha value is -3.33. The van der Waals surface area contributed by atoms with E-state index in [-0.39, 0.29) is 0 Å². The number of hydrogen-bond donors (Lipinski definition) is 3. The van der Waals surface area contributed by atoms with E-state index in [1.807, 2.05) is 35.4 Å². The number of hydrogen-bond acceptors (Lipinski definition) is 7. The Morgan fingerprint density at radius 1 is 0.917 bits per heavy atom. The van der Waals surface area contributed by atoms with Crippen LogP contribution in [0.2, 0.25) is 0 Å². The smallest absolute Gasteiger partial charge is 0.0924 e. The molecule has 4 aromatic rings. The number of anilines is 2. The van der Waals surface area contributed by atoms with Crippen LogP contribution in [0.4, 0.5) is 11.4 Å². The number of fused-ring (bicyclic) bond motifs is 1. The maximum absolute atomic E-state index is 8.64. The van der Waals surface area contributed by atoms with Gasteiger partial charge in [0.05, 0.1) is 29.1 Å². The van der Waals surface area contributed by atoms with Crippen LogP contribution in [-0.2, 0) is 6.54 Å². The zero-order chi connectivity index (χ0) is 25.2. The first-order valence-corrected chi connectivity index (χ1v) is 12.9. The Morgan fingerprint density at radius 3 is 2.56 bits per heavy atom. The van der Waals surface area contributed by atoms with E-state index in [9.17, 15) is 0 Å². The van der Waals surface area contributed by atoms with Crippen molar-refractivity contribution in [3.8, 4) is 11.3 Å². The second-order valence-corrected chi connectivity index (χ2v) is 9.34. The van der Waals surface area contributed by atoms with Crippen LogP contribution in [0.1, 0.15) is 39.5 Å². The van der Waals surface area contributed by atoms with Crippen LogP contribution in [0, 0.1) is 0 Å². The van der Waals surface area contributed by atoms with Crippen molar-refractivity contribution >= 4 is 22.4 Å². The molecule has 0 aliphatic rings. The highest BCUT2D eigenvalue weighted by Gasteiger charge is 2.12. The quantitative estimate of drug-likeness (QED) is 0.167. The molecule has 8 nitrogen and oxygen atoms in total. The van der Waals surface area contributed by atoms with Gasteiger partial charge in [-0.1, -0.05) is 44.9 Å². The van der Waals surface area contributed by atoms with Crippen LogP contribution in [0.5, 0.6) is 0 Å². The van der Waals surface area contributed by atoms with Gasteiger partial charge in [0.2, 0.25) is 0 Å². The highest BCUT2D eigenvalue weighted by atomic mass is 16.5. The van der Waals surface area contributed by atoms with Gasteiger partial charge < -0.3 is 15.4 Å². The summed E-state index contributed by atoms with van der Waals surface area (Å²) in [6.07, 6.45) is 9.97. The summed E-state index contributed by atoms with van der Waals surface area (Å²) in [6.45, 7) is 7.58. The molecular weight excluding hydrogens is 450 g/mol. The maximum atomic E-state index is 8.64. The molecule has 0 aliphatic heterocycles. The summed E-state index contributed by atoms with van der Waals surface area (Å²) in [5.74, 6) is 0. The Labute approximate surface area is 213 Å². The Balaban J connectivity index is 1.50. The third-order valence-corrected chi connectivity index (χ3v) is 6.15. The lowest BCUT2D eigenvalue weighted by Crippen LogP contribution is -2.32. The number of unbranched alkanes of at least 4 members (excludes halogenated alkanes) is 3. The van der Waals surface area contributed by atoms with Crippen molar-refractivity contribution in [2.75, 3.05) is 24.5 Å². The molecule has 8 heteroatoms. The standard InChI is InChI=1S/C28H37N7O/c1-22(2)29-15-17-35(24-10-6-5-7-11-24)25-12-13-26-27(18-25)33-28(20-30-26)23-19-31-34(21-23)16-9-4-3-8-14-32-36/h5-7,10-13,18-22,29,32,36H,3-4,8-9,14-17H2,1-2H3. The molecule has 0 spiro atoms. The molecular formula is C28H37N7O. The van der Waals surface area contributed by atoms with Gasteiger partial charge in [-0.15, -0.1) is 0 Å². The topological polar surface area (TPSA) is 91.1 Å². The average molecular weight is 488 g/mol. The lowest BCUT2D eigenvalue weighted by Gasteiger charge is -2.26. The second-order valence-electron chi connectivity index (χ2n) is 9.34. The van der Waals surface area contributed by atoms with E-state index in [1.165, 1.54) is 0 Å². The fourth-order valence-corrected chi connectivity index (χ4v) is 4.24. The van der Waals surface area contributed by atoms with E-state index in [0.717, 1.165) is 79.0 Å². The molecule has 0 unspecified atom stereocenters. The van der Waals surface area contributed by atoms with Crippen LogP contribution in [0.3, 0.4) is 0 Å². The zero-order valence-electron chi connectivity index (χ0n) is 21.3. The van der Waals surface area contributed by atoms with Gasteiger partial charge in [0, 0.05) is 55.4 Å². The van der Waals surface area contributed by atoms with E-state index < -0.39 is 0 Å². The van der Waals surface area contributed by atoms with Crippen molar-refractivity contribution in [1.82, 2.24) is 30.5 Å². The van der Waals surface area contributed by atoms with Crippen molar-refractivity contribution in [1.29, 1.82) is 0 Å². The van der Waals surface area contributed by atoms with Gasteiger partial charge in [0.25, 0.3) is 0 Å². The summed E-state index contributed by atoms with van der Waals surface area (Å²) >= 11 is 0. The first-order chi connectivity index (χ1) is 17.6. The minimum atomic E-state index is 0.442. The number of rotatable bonds is 14. The lowest BCUT2D eigenvalue weighted by atomic mass is 10.2. The normalized spacial score (nSPS) is 11.4. The molecule has 4 rings (SSSR count). The summed E-state index contributed by atoms with van der Waals surface area (Å²) in [7, 11) is 0. The minimum Gasteiger partial charge on any atom is -0.340 e. The predicted molar refractivity (Wildman–Crippen MR) is 146 cm³/mol. The molecule has 2 aromatic carbocycles. The Bertz CT molecular complexity index is 1210. The SMILES string of the molecule is CC(C)NCCN(c1ccccc1)c1ccc2ncc(-c3cnn(CCCCCCNO)c3)nc2c1. The van der Waals surface area contributed by atoms with Gasteiger partial charge >= 0.3 is 0 Å².